The largest absolute Gasteiger partial charge is 0.352 e. The van der Waals surface area contributed by atoms with Gasteiger partial charge in [0.05, 0.1) is 10.8 Å². The molecule has 2 aromatic rings. The van der Waals surface area contributed by atoms with Crippen LogP contribution in [0.3, 0.4) is 0 Å². The van der Waals surface area contributed by atoms with Crippen molar-refractivity contribution in [2.24, 2.45) is 5.92 Å². The highest BCUT2D eigenvalue weighted by molar-refractivity contribution is 7.89. The number of nitrogens with zero attached hydrogens (tertiary/aromatic N) is 1. The first kappa shape index (κ1) is 19.9. The third-order valence-electron chi connectivity index (χ3n) is 4.92. The van der Waals surface area contributed by atoms with Gasteiger partial charge in [-0.05, 0) is 55.2 Å². The van der Waals surface area contributed by atoms with E-state index in [-0.39, 0.29) is 23.3 Å². The second-order valence-corrected chi connectivity index (χ2v) is 9.17. The van der Waals surface area contributed by atoms with Crippen LogP contribution in [-0.2, 0) is 21.4 Å². The molecule has 1 aliphatic rings. The molecule has 0 unspecified atom stereocenters. The van der Waals surface area contributed by atoms with Gasteiger partial charge in [-0.15, -0.1) is 0 Å². The number of amides is 1. The molecule has 27 heavy (non-hydrogen) atoms. The van der Waals surface area contributed by atoms with E-state index in [0.717, 1.165) is 11.1 Å². The lowest BCUT2D eigenvalue weighted by Crippen LogP contribution is -2.45. The number of hydrogen-bond acceptors (Lipinski definition) is 3. The summed E-state index contributed by atoms with van der Waals surface area (Å²) in [5, 5.41) is 3.44. The van der Waals surface area contributed by atoms with Crippen LogP contribution < -0.4 is 5.32 Å². The van der Waals surface area contributed by atoms with Crippen LogP contribution >= 0.6 is 11.6 Å². The van der Waals surface area contributed by atoms with Crippen molar-refractivity contribution < 1.29 is 13.2 Å². The number of benzene rings is 2. The summed E-state index contributed by atoms with van der Waals surface area (Å²) in [7, 11) is -3.62. The van der Waals surface area contributed by atoms with Crippen LogP contribution in [0.25, 0.3) is 0 Å². The number of halogens is 1. The molecule has 0 radical (unpaired) electrons. The van der Waals surface area contributed by atoms with E-state index in [4.69, 9.17) is 11.6 Å². The highest BCUT2D eigenvalue weighted by atomic mass is 35.5. The molecular weight excluding hydrogens is 384 g/mol. The number of carbonyl (C=O) groups excluding carboxylic acids is 1. The molecule has 1 aliphatic heterocycles. The Labute approximate surface area is 165 Å². The second kappa shape index (κ2) is 8.42. The molecule has 0 saturated carbocycles. The van der Waals surface area contributed by atoms with E-state index in [9.17, 15) is 13.2 Å². The Kier molecular flexibility index (Phi) is 6.19. The molecule has 1 fully saturated rings. The second-order valence-electron chi connectivity index (χ2n) is 6.80. The van der Waals surface area contributed by atoms with Gasteiger partial charge in [0.25, 0.3) is 0 Å². The molecule has 3 rings (SSSR count). The highest BCUT2D eigenvalue weighted by Gasteiger charge is 2.33. The maximum absolute atomic E-state index is 12.8. The molecule has 7 heteroatoms. The molecule has 5 nitrogen and oxygen atoms in total. The maximum Gasteiger partial charge on any atom is 0.243 e. The zero-order valence-corrected chi connectivity index (χ0v) is 16.8. The van der Waals surface area contributed by atoms with Crippen LogP contribution in [0.1, 0.15) is 24.0 Å². The predicted octanol–water partition coefficient (Wildman–Crippen LogP) is 3.37. The van der Waals surface area contributed by atoms with Gasteiger partial charge in [-0.2, -0.15) is 4.31 Å². The van der Waals surface area contributed by atoms with Crippen molar-refractivity contribution in [1.29, 1.82) is 0 Å². The zero-order valence-electron chi connectivity index (χ0n) is 15.2. The molecule has 1 amide bonds. The van der Waals surface area contributed by atoms with Crippen molar-refractivity contribution in [3.8, 4) is 0 Å². The Balaban J connectivity index is 1.65. The van der Waals surface area contributed by atoms with Gasteiger partial charge < -0.3 is 5.32 Å². The van der Waals surface area contributed by atoms with Crippen LogP contribution in [0.2, 0.25) is 5.02 Å². The van der Waals surface area contributed by atoms with Crippen LogP contribution in [0.5, 0.6) is 0 Å². The van der Waals surface area contributed by atoms with E-state index in [1.54, 1.807) is 12.1 Å². The topological polar surface area (TPSA) is 66.5 Å². The summed E-state index contributed by atoms with van der Waals surface area (Å²) in [6, 6.07) is 14.0. The SMILES string of the molecule is Cc1ccccc1CNC(=O)[C@H]1CCCN(S(=O)(=O)c2ccc(Cl)cc2)C1. The molecule has 1 N–H and O–H groups in total. The van der Waals surface area contributed by atoms with E-state index in [0.29, 0.717) is 31.0 Å². The number of nitrogens with one attached hydrogen (secondary N) is 1. The smallest absolute Gasteiger partial charge is 0.243 e. The van der Waals surface area contributed by atoms with Crippen LogP contribution in [0.4, 0.5) is 0 Å². The molecule has 0 aliphatic carbocycles. The van der Waals surface area contributed by atoms with E-state index >= 15 is 0 Å². The van der Waals surface area contributed by atoms with Gasteiger partial charge in [0, 0.05) is 24.7 Å². The first-order valence-electron chi connectivity index (χ1n) is 8.96. The fourth-order valence-corrected chi connectivity index (χ4v) is 4.92. The molecule has 144 valence electrons. The Morgan fingerprint density at radius 1 is 1.19 bits per heavy atom. The summed E-state index contributed by atoms with van der Waals surface area (Å²) in [6.45, 7) is 3.07. The number of hydrogen-bond donors (Lipinski definition) is 1. The fraction of sp³-hybridized carbons (Fsp3) is 0.350. The average molecular weight is 407 g/mol. The fourth-order valence-electron chi connectivity index (χ4n) is 3.27. The highest BCUT2D eigenvalue weighted by Crippen LogP contribution is 2.25. The Hall–Kier alpha value is -1.89. The van der Waals surface area contributed by atoms with E-state index in [1.807, 2.05) is 31.2 Å². The third kappa shape index (κ3) is 4.69. The minimum Gasteiger partial charge on any atom is -0.352 e. The lowest BCUT2D eigenvalue weighted by atomic mass is 9.98. The number of carbonyl (C=O) groups is 1. The van der Waals surface area contributed by atoms with Crippen LogP contribution in [0, 0.1) is 12.8 Å². The molecule has 1 atom stereocenters. The van der Waals surface area contributed by atoms with Crippen LogP contribution in [-0.4, -0.2) is 31.7 Å². The molecule has 0 spiro atoms. The minimum absolute atomic E-state index is 0.103. The van der Waals surface area contributed by atoms with Crippen LogP contribution in [0.15, 0.2) is 53.4 Å². The Morgan fingerprint density at radius 3 is 2.59 bits per heavy atom. The summed E-state index contributed by atoms with van der Waals surface area (Å²) in [6.07, 6.45) is 1.35. The van der Waals surface area contributed by atoms with Crippen molar-refractivity contribution in [3.63, 3.8) is 0 Å². The average Bonchev–Trinajstić information content (AvgIpc) is 2.67. The van der Waals surface area contributed by atoms with Gasteiger partial charge in [0.2, 0.25) is 15.9 Å². The monoisotopic (exact) mass is 406 g/mol. The van der Waals surface area contributed by atoms with E-state index in [1.165, 1.54) is 16.4 Å². The number of rotatable bonds is 5. The first-order valence-corrected chi connectivity index (χ1v) is 10.8. The van der Waals surface area contributed by atoms with E-state index in [2.05, 4.69) is 5.32 Å². The minimum atomic E-state index is -3.62. The van der Waals surface area contributed by atoms with Crippen molar-refractivity contribution in [2.75, 3.05) is 13.1 Å². The lowest BCUT2D eigenvalue weighted by molar-refractivity contribution is -0.126. The standard InChI is InChI=1S/C20H23ClN2O3S/c1-15-5-2-3-6-16(15)13-22-20(24)17-7-4-12-23(14-17)27(25,26)19-10-8-18(21)9-11-19/h2-3,5-6,8-11,17H,4,7,12-14H2,1H3,(H,22,24)/t17-/m0/s1. The third-order valence-corrected chi connectivity index (χ3v) is 7.05. The van der Waals surface area contributed by atoms with Crippen molar-refractivity contribution >= 4 is 27.5 Å². The van der Waals surface area contributed by atoms with Gasteiger partial charge in [0.1, 0.15) is 0 Å². The maximum atomic E-state index is 12.8. The normalized spacial score (nSPS) is 18.2. The van der Waals surface area contributed by atoms with Gasteiger partial charge >= 0.3 is 0 Å². The zero-order chi connectivity index (χ0) is 19.4. The Bertz CT molecular complexity index is 913. The summed E-state index contributed by atoms with van der Waals surface area (Å²) >= 11 is 5.85. The van der Waals surface area contributed by atoms with Gasteiger partial charge in [-0.1, -0.05) is 35.9 Å². The Morgan fingerprint density at radius 2 is 1.89 bits per heavy atom. The van der Waals surface area contributed by atoms with E-state index < -0.39 is 10.0 Å². The summed E-state index contributed by atoms with van der Waals surface area (Å²) < 4.78 is 27.1. The number of aryl methyl sites for hydroxylation is 1. The molecule has 0 aromatic heterocycles. The van der Waals surface area contributed by atoms with Gasteiger partial charge in [-0.25, -0.2) is 8.42 Å². The number of piperidine rings is 1. The summed E-state index contributed by atoms with van der Waals surface area (Å²) in [5.74, 6) is -0.445. The van der Waals surface area contributed by atoms with Crippen molar-refractivity contribution in [2.45, 2.75) is 31.2 Å². The molecule has 2 aromatic carbocycles. The van der Waals surface area contributed by atoms with Gasteiger partial charge in [0.15, 0.2) is 0 Å². The van der Waals surface area contributed by atoms with Crippen molar-refractivity contribution in [1.82, 2.24) is 9.62 Å². The van der Waals surface area contributed by atoms with Crippen molar-refractivity contribution in [3.05, 3.63) is 64.7 Å². The summed E-state index contributed by atoms with van der Waals surface area (Å²) in [4.78, 5) is 12.8. The molecular formula is C20H23ClN2O3S. The quantitative estimate of drug-likeness (QED) is 0.827. The first-order chi connectivity index (χ1) is 12.9. The molecule has 0 bridgehead atoms. The predicted molar refractivity (Wildman–Crippen MR) is 106 cm³/mol. The number of sulfonamides is 1. The van der Waals surface area contributed by atoms with Gasteiger partial charge in [-0.3, -0.25) is 4.79 Å². The molecule has 1 heterocycles. The molecule has 1 saturated heterocycles. The summed E-state index contributed by atoms with van der Waals surface area (Å²) in [5.41, 5.74) is 2.18. The lowest BCUT2D eigenvalue weighted by Gasteiger charge is -2.31.